The third kappa shape index (κ3) is 5.12. The van der Waals surface area contributed by atoms with Crippen LogP contribution in [0.4, 0.5) is 17.3 Å². The monoisotopic (exact) mass is 487 g/mol. The Bertz CT molecular complexity index is 2130. The van der Waals surface area contributed by atoms with Crippen LogP contribution in [0.15, 0.2) is 85.5 Å². The van der Waals surface area contributed by atoms with Crippen LogP contribution >= 0.6 is 0 Å². The molecule has 0 unspecified atom stereocenters. The lowest BCUT2D eigenvalue weighted by atomic mass is 10.1. The molecule has 0 aliphatic rings. The predicted octanol–water partition coefficient (Wildman–Crippen LogP) is 5.65. The van der Waals surface area contributed by atoms with Crippen molar-refractivity contribution in [2.75, 3.05) is 10.6 Å². The van der Waals surface area contributed by atoms with E-state index >= 15 is 0 Å². The fourth-order valence-electron chi connectivity index (χ4n) is 3.22. The van der Waals surface area contributed by atoms with Gasteiger partial charge in [0.1, 0.15) is 0 Å². The van der Waals surface area contributed by atoms with Crippen molar-refractivity contribution in [1.82, 2.24) is 24.5 Å². The Balaban J connectivity index is 1.57. The number of carbonyl (C=O) groups excluding carboxylic acids is 1. The van der Waals surface area contributed by atoms with Gasteiger partial charge in [0.2, 0.25) is 5.95 Å². The van der Waals surface area contributed by atoms with E-state index in [1.165, 1.54) is 23.9 Å². The molecule has 0 aliphatic heterocycles. The van der Waals surface area contributed by atoms with Crippen LogP contribution < -0.4 is 10.6 Å². The van der Waals surface area contributed by atoms with Gasteiger partial charge in [0.25, 0.3) is 5.91 Å². The molecule has 0 saturated carbocycles. The first-order valence-electron chi connectivity index (χ1n) is 16.5. The normalized spacial score (nSPS) is 15.8. The molecule has 0 saturated heterocycles. The molecule has 0 radical (unpaired) electrons. The van der Waals surface area contributed by atoms with E-state index < -0.39 is 66.6 Å². The number of nitrogens with one attached hydrogen (secondary N) is 2. The van der Waals surface area contributed by atoms with Crippen molar-refractivity contribution in [3.8, 4) is 16.9 Å². The molecule has 0 fully saturated rings. The molecule has 0 spiro atoms. The number of anilines is 3. The first-order chi connectivity index (χ1) is 22.4. The summed E-state index contributed by atoms with van der Waals surface area (Å²) < 4.78 is 99.6. The van der Waals surface area contributed by atoms with Crippen LogP contribution in [0.3, 0.4) is 0 Å². The smallest absolute Gasteiger partial charge is 0.255 e. The molecule has 36 heavy (non-hydrogen) atoms. The molecule has 5 aromatic rings. The second kappa shape index (κ2) is 9.79. The molecule has 0 aliphatic carbocycles. The van der Waals surface area contributed by atoms with Crippen molar-refractivity contribution < 1.29 is 21.2 Å². The van der Waals surface area contributed by atoms with Gasteiger partial charge in [0.15, 0.2) is 0 Å². The maximum absolute atomic E-state index is 13.5. The molecule has 5 rings (SSSR count). The average molecular weight is 488 g/mol. The van der Waals surface area contributed by atoms with Crippen molar-refractivity contribution in [3.05, 3.63) is 108 Å². The van der Waals surface area contributed by atoms with E-state index in [0.717, 1.165) is 12.1 Å². The predicted molar refractivity (Wildman–Crippen MR) is 141 cm³/mol. The number of nitrogens with zero attached hydrogens (tertiary/aromatic N) is 5. The number of rotatable bonds is 6. The zero-order valence-corrected chi connectivity index (χ0v) is 19.0. The number of benzene rings is 2. The summed E-state index contributed by atoms with van der Waals surface area (Å²) in [5, 5.41) is 5.18. The zero-order chi connectivity index (χ0) is 35.4. The molecule has 178 valence electrons. The van der Waals surface area contributed by atoms with Crippen LogP contribution in [0.1, 0.15) is 43.6 Å². The summed E-state index contributed by atoms with van der Waals surface area (Å²) in [6.45, 7) is 0.508. The number of aryl methyl sites for hydroxylation is 2. The van der Waals surface area contributed by atoms with Gasteiger partial charge in [-0.05, 0) is 80.2 Å². The third-order valence-corrected chi connectivity index (χ3v) is 4.86. The summed E-state index contributed by atoms with van der Waals surface area (Å²) >= 11 is 0. The van der Waals surface area contributed by atoms with E-state index in [1.807, 2.05) is 0 Å². The van der Waals surface area contributed by atoms with E-state index in [0.29, 0.717) is 5.69 Å². The van der Waals surface area contributed by atoms with E-state index in [-0.39, 0.29) is 51.9 Å². The first-order valence-corrected chi connectivity index (χ1v) is 10.5. The van der Waals surface area contributed by atoms with Crippen molar-refractivity contribution in [1.29, 1.82) is 0 Å². The number of imidazole rings is 1. The topological polar surface area (TPSA) is 97.6 Å². The third-order valence-electron chi connectivity index (χ3n) is 4.86. The molecule has 8 nitrogen and oxygen atoms in total. The van der Waals surface area contributed by atoms with Crippen LogP contribution in [0.2, 0.25) is 0 Å². The van der Waals surface area contributed by atoms with Gasteiger partial charge < -0.3 is 15.2 Å². The van der Waals surface area contributed by atoms with Gasteiger partial charge in [0, 0.05) is 57.0 Å². The summed E-state index contributed by atoms with van der Waals surface area (Å²) in [7, 11) is 0. The van der Waals surface area contributed by atoms with E-state index in [4.69, 9.17) is 16.4 Å². The van der Waals surface area contributed by atoms with Crippen molar-refractivity contribution in [3.63, 3.8) is 0 Å². The molecule has 3 aromatic heterocycles. The highest BCUT2D eigenvalue weighted by atomic mass is 16.1. The highest BCUT2D eigenvalue weighted by Gasteiger charge is 2.12. The Kier molecular flexibility index (Phi) is 3.46. The quantitative estimate of drug-likeness (QED) is 0.321. The number of amides is 1. The van der Waals surface area contributed by atoms with E-state index in [1.54, 1.807) is 13.1 Å². The molecular weight excluding hydrogens is 450 g/mol. The average Bonchev–Trinajstić information content (AvgIpc) is 3.44. The Hall–Kier alpha value is -4.85. The number of pyridine rings is 1. The minimum Gasteiger partial charge on any atom is -0.324 e. The molecule has 3 heterocycles. The standard InChI is InChI=1S/C28H25N7O/c1-18-11-23(14-24(12-18)35-16-20(3)31-17-35)32-27(36)21-7-6-19(2)26(13-21)34-28-30-10-8-25(33-28)22-5-4-9-29-15-22/h4-17H,1-3H3,(H,32,36)(H,30,33,34)/i2D3,4D,5D,8D,9D,10D,11D,12D,14D,15D. The summed E-state index contributed by atoms with van der Waals surface area (Å²) in [5.41, 5.74) is -0.719. The highest BCUT2D eigenvalue weighted by molar-refractivity contribution is 6.05. The Labute approximate surface area is 226 Å². The van der Waals surface area contributed by atoms with Gasteiger partial charge in [-0.1, -0.05) is 6.07 Å². The number of carbonyl (C=O) groups is 1. The fourth-order valence-corrected chi connectivity index (χ4v) is 3.22. The lowest BCUT2D eigenvalue weighted by Gasteiger charge is -2.13. The molecular formula is C28H25N7O. The first kappa shape index (κ1) is 12.7. The lowest BCUT2D eigenvalue weighted by Crippen LogP contribution is -2.13. The van der Waals surface area contributed by atoms with Gasteiger partial charge >= 0.3 is 0 Å². The fraction of sp³-hybridized carbons (Fsp3) is 0.107. The molecule has 0 atom stereocenters. The summed E-state index contributed by atoms with van der Waals surface area (Å²) in [6, 6.07) is 0.993. The van der Waals surface area contributed by atoms with Crippen LogP contribution in [0.25, 0.3) is 16.9 Å². The minimum atomic E-state index is -2.72. The molecule has 2 N–H and O–H groups in total. The Morgan fingerprint density at radius 2 is 2.03 bits per heavy atom. The van der Waals surface area contributed by atoms with Gasteiger partial charge in [-0.15, -0.1) is 0 Å². The van der Waals surface area contributed by atoms with Gasteiger partial charge in [0.05, 0.1) is 30.1 Å². The Morgan fingerprint density at radius 1 is 1.11 bits per heavy atom. The number of hydrogen-bond donors (Lipinski definition) is 2. The second-order valence-corrected chi connectivity index (χ2v) is 7.58. The molecule has 2 aromatic carbocycles. The maximum atomic E-state index is 13.5. The summed E-state index contributed by atoms with van der Waals surface area (Å²) in [5.74, 6) is -1.26. The lowest BCUT2D eigenvalue weighted by molar-refractivity contribution is 0.102. The second-order valence-electron chi connectivity index (χ2n) is 7.58. The van der Waals surface area contributed by atoms with Gasteiger partial charge in [-0.2, -0.15) is 0 Å². The summed E-state index contributed by atoms with van der Waals surface area (Å²) in [6.07, 6.45) is 1.06. The van der Waals surface area contributed by atoms with Crippen molar-refractivity contribution in [2.45, 2.75) is 20.7 Å². The van der Waals surface area contributed by atoms with Crippen LogP contribution in [-0.2, 0) is 0 Å². The Morgan fingerprint density at radius 3 is 2.86 bits per heavy atom. The van der Waals surface area contributed by atoms with Crippen LogP contribution in [-0.4, -0.2) is 30.4 Å². The number of aromatic nitrogens is 5. The largest absolute Gasteiger partial charge is 0.324 e. The maximum Gasteiger partial charge on any atom is 0.255 e. The van der Waals surface area contributed by atoms with Crippen LogP contribution in [0, 0.1) is 20.7 Å². The van der Waals surface area contributed by atoms with Gasteiger partial charge in [-0.25, -0.2) is 15.0 Å². The minimum absolute atomic E-state index is 0.0910. The van der Waals surface area contributed by atoms with Crippen molar-refractivity contribution >= 4 is 23.2 Å². The SMILES string of the molecule is [2H]c1nc(Nc2cc(C(=O)Nc3c([2H])c(C)c([2H])c(-n4cnc(C)c4)c3[2H])ccc2C([2H])([2H])[2H])nc(-c2c([2H])nc([2H])c([2H])c2[2H])c1[2H]. The highest BCUT2D eigenvalue weighted by Crippen LogP contribution is 2.24. The van der Waals surface area contributed by atoms with E-state index in [9.17, 15) is 4.79 Å². The van der Waals surface area contributed by atoms with Crippen molar-refractivity contribution in [2.24, 2.45) is 0 Å². The molecule has 0 bridgehead atoms. The van der Waals surface area contributed by atoms with Crippen LogP contribution in [0.5, 0.6) is 0 Å². The van der Waals surface area contributed by atoms with E-state index in [2.05, 4.69) is 30.6 Å². The zero-order valence-electron chi connectivity index (χ0n) is 31.0. The molecule has 8 heteroatoms. The number of hydrogen-bond acceptors (Lipinski definition) is 6. The molecule has 1 amide bonds. The van der Waals surface area contributed by atoms with Gasteiger partial charge in [-0.3, -0.25) is 9.78 Å². The summed E-state index contributed by atoms with van der Waals surface area (Å²) in [4.78, 5) is 29.2.